The molecule has 0 heterocycles. The van der Waals surface area contributed by atoms with E-state index in [1.54, 1.807) is 0 Å². The number of benzene rings is 2. The van der Waals surface area contributed by atoms with Crippen molar-refractivity contribution in [3.63, 3.8) is 0 Å². The average molecular weight is 336 g/mol. The van der Waals surface area contributed by atoms with Crippen LogP contribution in [0.1, 0.15) is 5.56 Å². The standard InChI is InChI=1S/C13H6Cl2F3NO2/c14-9-5-4-7(6-10(9)15)8-2-1-3-11(19(20)21)12(8)13(16,17)18/h1-6H. The minimum absolute atomic E-state index is 0.0637. The molecule has 0 fully saturated rings. The van der Waals surface area contributed by atoms with E-state index in [-0.39, 0.29) is 21.2 Å². The van der Waals surface area contributed by atoms with Crippen molar-refractivity contribution in [2.45, 2.75) is 6.18 Å². The Labute approximate surface area is 127 Å². The predicted molar refractivity (Wildman–Crippen MR) is 73.6 cm³/mol. The number of nitro benzene ring substituents is 1. The van der Waals surface area contributed by atoms with Crippen molar-refractivity contribution in [1.29, 1.82) is 0 Å². The highest BCUT2D eigenvalue weighted by Gasteiger charge is 2.41. The molecule has 0 unspecified atom stereocenters. The lowest BCUT2D eigenvalue weighted by Crippen LogP contribution is -2.11. The van der Waals surface area contributed by atoms with Gasteiger partial charge in [0.2, 0.25) is 0 Å². The Kier molecular flexibility index (Phi) is 4.11. The van der Waals surface area contributed by atoms with Gasteiger partial charge in [0.05, 0.1) is 15.0 Å². The van der Waals surface area contributed by atoms with E-state index < -0.39 is 22.4 Å². The minimum Gasteiger partial charge on any atom is -0.258 e. The maximum absolute atomic E-state index is 13.2. The van der Waals surface area contributed by atoms with Gasteiger partial charge in [-0.3, -0.25) is 10.1 Å². The minimum atomic E-state index is -4.87. The molecule has 3 nitrogen and oxygen atoms in total. The molecule has 0 radical (unpaired) electrons. The van der Waals surface area contributed by atoms with Gasteiger partial charge in [0.1, 0.15) is 5.56 Å². The van der Waals surface area contributed by atoms with Crippen molar-refractivity contribution in [3.8, 4) is 11.1 Å². The monoisotopic (exact) mass is 335 g/mol. The summed E-state index contributed by atoms with van der Waals surface area (Å²) in [4.78, 5) is 9.77. The molecule has 0 aromatic heterocycles. The summed E-state index contributed by atoms with van der Waals surface area (Å²) in [6, 6.07) is 7.03. The first-order valence-corrected chi connectivity index (χ1v) is 6.27. The van der Waals surface area contributed by atoms with Crippen LogP contribution >= 0.6 is 23.2 Å². The van der Waals surface area contributed by atoms with Crippen molar-refractivity contribution >= 4 is 28.9 Å². The molecule has 8 heteroatoms. The first-order valence-electron chi connectivity index (χ1n) is 5.52. The fraction of sp³-hybridized carbons (Fsp3) is 0.0769. The van der Waals surface area contributed by atoms with Crippen LogP contribution in [-0.4, -0.2) is 4.92 Å². The molecule has 0 aliphatic rings. The first kappa shape index (κ1) is 15.6. The molecule has 2 aromatic carbocycles. The molecule has 0 bridgehead atoms. The molecule has 0 atom stereocenters. The lowest BCUT2D eigenvalue weighted by atomic mass is 9.98. The van der Waals surface area contributed by atoms with Gasteiger partial charge >= 0.3 is 6.18 Å². The van der Waals surface area contributed by atoms with E-state index >= 15 is 0 Å². The molecule has 2 aromatic rings. The van der Waals surface area contributed by atoms with Crippen LogP contribution in [0.4, 0.5) is 18.9 Å². The third-order valence-electron chi connectivity index (χ3n) is 2.75. The Morgan fingerprint density at radius 3 is 2.24 bits per heavy atom. The van der Waals surface area contributed by atoms with Crippen LogP contribution in [0.25, 0.3) is 11.1 Å². The fourth-order valence-electron chi connectivity index (χ4n) is 1.89. The van der Waals surface area contributed by atoms with Crippen molar-refractivity contribution in [2.75, 3.05) is 0 Å². The van der Waals surface area contributed by atoms with Gasteiger partial charge in [-0.15, -0.1) is 0 Å². The summed E-state index contributed by atoms with van der Waals surface area (Å²) in [5, 5.41) is 11.1. The molecular formula is C13H6Cl2F3NO2. The number of hydrogen-bond acceptors (Lipinski definition) is 2. The molecule has 0 aliphatic heterocycles. The van der Waals surface area contributed by atoms with Crippen molar-refractivity contribution in [1.82, 2.24) is 0 Å². The maximum atomic E-state index is 13.2. The van der Waals surface area contributed by atoms with Gasteiger partial charge < -0.3 is 0 Å². The third kappa shape index (κ3) is 3.11. The number of rotatable bonds is 2. The normalized spacial score (nSPS) is 11.5. The summed E-state index contributed by atoms with van der Waals surface area (Å²) in [6.45, 7) is 0. The highest BCUT2D eigenvalue weighted by Crippen LogP contribution is 2.43. The van der Waals surface area contributed by atoms with Crippen LogP contribution in [0.3, 0.4) is 0 Å². The number of nitro groups is 1. The molecule has 0 saturated carbocycles. The van der Waals surface area contributed by atoms with E-state index in [4.69, 9.17) is 23.2 Å². The maximum Gasteiger partial charge on any atom is 0.423 e. The van der Waals surface area contributed by atoms with Gasteiger partial charge in [0.25, 0.3) is 5.69 Å². The summed E-state index contributed by atoms with van der Waals surface area (Å²) in [7, 11) is 0. The van der Waals surface area contributed by atoms with E-state index in [0.29, 0.717) is 0 Å². The van der Waals surface area contributed by atoms with Crippen LogP contribution in [-0.2, 0) is 6.18 Å². The SMILES string of the molecule is O=[N+]([O-])c1cccc(-c2ccc(Cl)c(Cl)c2)c1C(F)(F)F. The van der Waals surface area contributed by atoms with Crippen molar-refractivity contribution < 1.29 is 18.1 Å². The molecule has 0 N–H and O–H groups in total. The van der Waals surface area contributed by atoms with Gasteiger partial charge in [-0.25, -0.2) is 0 Å². The largest absolute Gasteiger partial charge is 0.423 e. The number of halogens is 5. The third-order valence-corrected chi connectivity index (χ3v) is 3.49. The van der Waals surface area contributed by atoms with Gasteiger partial charge in [-0.05, 0) is 17.7 Å². The topological polar surface area (TPSA) is 43.1 Å². The molecule has 0 amide bonds. The molecule has 2 rings (SSSR count). The highest BCUT2D eigenvalue weighted by molar-refractivity contribution is 6.42. The predicted octanol–water partition coefficient (Wildman–Crippen LogP) is 5.59. The summed E-state index contributed by atoms with van der Waals surface area (Å²) in [5.74, 6) is 0. The second-order valence-corrected chi connectivity index (χ2v) is 4.90. The van der Waals surface area contributed by atoms with Crippen LogP contribution in [0.15, 0.2) is 36.4 Å². The Balaban J connectivity index is 2.77. The van der Waals surface area contributed by atoms with Gasteiger partial charge in [0, 0.05) is 11.6 Å². The highest BCUT2D eigenvalue weighted by atomic mass is 35.5. The molecule has 0 aliphatic carbocycles. The second-order valence-electron chi connectivity index (χ2n) is 4.08. The van der Waals surface area contributed by atoms with Crippen LogP contribution in [0.5, 0.6) is 0 Å². The number of alkyl halides is 3. The zero-order valence-corrected chi connectivity index (χ0v) is 11.6. The van der Waals surface area contributed by atoms with Gasteiger partial charge in [0.15, 0.2) is 0 Å². The van der Waals surface area contributed by atoms with E-state index in [0.717, 1.165) is 12.1 Å². The molecular weight excluding hydrogens is 330 g/mol. The molecule has 0 spiro atoms. The van der Waals surface area contributed by atoms with E-state index in [2.05, 4.69) is 0 Å². The van der Waals surface area contributed by atoms with Crippen LogP contribution in [0.2, 0.25) is 10.0 Å². The second kappa shape index (κ2) is 5.54. The molecule has 0 saturated heterocycles. The Morgan fingerprint density at radius 2 is 1.71 bits per heavy atom. The fourth-order valence-corrected chi connectivity index (χ4v) is 2.19. The van der Waals surface area contributed by atoms with Crippen molar-refractivity contribution in [3.05, 3.63) is 62.1 Å². The summed E-state index contributed by atoms with van der Waals surface area (Å²) >= 11 is 11.5. The Bertz CT molecular complexity index is 717. The van der Waals surface area contributed by atoms with Crippen LogP contribution in [0, 0.1) is 10.1 Å². The first-order chi connectivity index (χ1) is 9.71. The van der Waals surface area contributed by atoms with Gasteiger partial charge in [-0.2, -0.15) is 13.2 Å². The quantitative estimate of drug-likeness (QED) is 0.530. The average Bonchev–Trinajstić information content (AvgIpc) is 2.40. The summed E-state index contributed by atoms with van der Waals surface area (Å²) in [5.41, 5.74) is -2.55. The number of nitrogens with zero attached hydrogens (tertiary/aromatic N) is 1. The zero-order valence-electron chi connectivity index (χ0n) is 10.1. The Hall–Kier alpha value is -1.79. The van der Waals surface area contributed by atoms with E-state index in [1.165, 1.54) is 24.3 Å². The van der Waals surface area contributed by atoms with E-state index in [9.17, 15) is 23.3 Å². The zero-order chi connectivity index (χ0) is 15.8. The summed E-state index contributed by atoms with van der Waals surface area (Å²) in [6.07, 6.45) is -4.87. The molecule has 21 heavy (non-hydrogen) atoms. The van der Waals surface area contributed by atoms with Crippen LogP contribution < -0.4 is 0 Å². The smallest absolute Gasteiger partial charge is 0.258 e. The lowest BCUT2D eigenvalue weighted by molar-refractivity contribution is -0.388. The molecule has 110 valence electrons. The Morgan fingerprint density at radius 1 is 1.05 bits per heavy atom. The lowest BCUT2D eigenvalue weighted by Gasteiger charge is -2.13. The number of hydrogen-bond donors (Lipinski definition) is 0. The van der Waals surface area contributed by atoms with Gasteiger partial charge in [-0.1, -0.05) is 41.4 Å². The van der Waals surface area contributed by atoms with E-state index in [1.807, 2.05) is 0 Å². The van der Waals surface area contributed by atoms with Crippen molar-refractivity contribution in [2.24, 2.45) is 0 Å². The summed E-state index contributed by atoms with van der Waals surface area (Å²) < 4.78 is 39.5.